The van der Waals surface area contributed by atoms with E-state index in [9.17, 15) is 9.59 Å². The molecule has 3 N–H and O–H groups in total. The van der Waals surface area contributed by atoms with Crippen molar-refractivity contribution >= 4 is 41.2 Å². The lowest BCUT2D eigenvalue weighted by Gasteiger charge is -2.31. The maximum atomic E-state index is 12.8. The van der Waals surface area contributed by atoms with Gasteiger partial charge in [-0.15, -0.1) is 11.8 Å². The molecule has 0 spiro atoms. The van der Waals surface area contributed by atoms with Gasteiger partial charge in [0.2, 0.25) is 5.91 Å². The van der Waals surface area contributed by atoms with Crippen molar-refractivity contribution in [2.45, 2.75) is 62.8 Å². The van der Waals surface area contributed by atoms with E-state index in [2.05, 4.69) is 44.5 Å². The molecule has 1 unspecified atom stereocenters. The number of hydrogen-bond acceptors (Lipinski definition) is 7. The first kappa shape index (κ1) is 25.7. The Morgan fingerprint density at radius 1 is 1.18 bits per heavy atom. The molecule has 3 atom stereocenters. The van der Waals surface area contributed by atoms with E-state index in [1.165, 1.54) is 43.4 Å². The average molecular weight is 507 g/mol. The number of amides is 2. The van der Waals surface area contributed by atoms with Gasteiger partial charge in [-0.1, -0.05) is 31.4 Å². The summed E-state index contributed by atoms with van der Waals surface area (Å²) in [6.45, 7) is 5.22. The van der Waals surface area contributed by atoms with Crippen LogP contribution in [0.4, 0.5) is 5.69 Å². The van der Waals surface area contributed by atoms with Crippen LogP contribution in [0, 0.1) is 5.92 Å². The van der Waals surface area contributed by atoms with Gasteiger partial charge in [-0.3, -0.25) is 19.6 Å². The lowest BCUT2D eigenvalue weighted by molar-refractivity contribution is -0.128. The molecule has 2 amide bonds. The Hall–Kier alpha value is -1.42. The first-order valence-electron chi connectivity index (χ1n) is 12.6. The highest BCUT2D eigenvalue weighted by atomic mass is 32.2. The number of anilines is 1. The zero-order valence-corrected chi connectivity index (χ0v) is 21.7. The Kier molecular flexibility index (Phi) is 9.85. The Bertz CT molecular complexity index is 792. The second-order valence-electron chi connectivity index (χ2n) is 9.49. The minimum absolute atomic E-state index is 0.0955. The number of nitrogens with zero attached hydrogens (tertiary/aromatic N) is 1. The summed E-state index contributed by atoms with van der Waals surface area (Å²) in [4.78, 5) is 27.5. The van der Waals surface area contributed by atoms with Gasteiger partial charge in [-0.25, -0.2) is 0 Å². The van der Waals surface area contributed by atoms with Gasteiger partial charge in [-0.2, -0.15) is 0 Å². The number of benzene rings is 1. The van der Waals surface area contributed by atoms with Gasteiger partial charge in [0.15, 0.2) is 0 Å². The number of ether oxygens (including phenoxy) is 1. The van der Waals surface area contributed by atoms with Crippen LogP contribution in [-0.2, 0) is 20.7 Å². The molecule has 7 nitrogen and oxygen atoms in total. The molecule has 9 heteroatoms. The fourth-order valence-corrected chi connectivity index (χ4v) is 7.00. The van der Waals surface area contributed by atoms with Crippen molar-refractivity contribution in [2.75, 3.05) is 42.8 Å². The molecule has 0 aromatic heterocycles. The second kappa shape index (κ2) is 13.0. The van der Waals surface area contributed by atoms with E-state index in [1.54, 1.807) is 30.6 Å². The molecular formula is C25H38N4O3S2. The topological polar surface area (TPSA) is 82.7 Å². The van der Waals surface area contributed by atoms with Gasteiger partial charge >= 0.3 is 0 Å². The summed E-state index contributed by atoms with van der Waals surface area (Å²) in [6, 6.07) is 8.15. The van der Waals surface area contributed by atoms with Crippen LogP contribution >= 0.6 is 23.7 Å². The van der Waals surface area contributed by atoms with Crippen LogP contribution < -0.4 is 20.3 Å². The third kappa shape index (κ3) is 7.29. The lowest BCUT2D eigenvalue weighted by Crippen LogP contribution is -2.50. The number of carbonyl (C=O) groups is 2. The van der Waals surface area contributed by atoms with Gasteiger partial charge in [-0.05, 0) is 61.7 Å². The summed E-state index contributed by atoms with van der Waals surface area (Å²) >= 11 is 3.25. The van der Waals surface area contributed by atoms with Crippen molar-refractivity contribution in [3.8, 4) is 0 Å². The van der Waals surface area contributed by atoms with Crippen LogP contribution in [0.25, 0.3) is 0 Å². The molecule has 2 aliphatic heterocycles. The number of hydrogen-bond donors (Lipinski definition) is 3. The third-order valence-corrected chi connectivity index (χ3v) is 9.13. The molecule has 3 fully saturated rings. The fourth-order valence-electron chi connectivity index (χ4n) is 4.87. The minimum Gasteiger partial charge on any atom is -0.378 e. The number of rotatable bonds is 9. The van der Waals surface area contributed by atoms with Crippen LogP contribution in [0.3, 0.4) is 0 Å². The summed E-state index contributed by atoms with van der Waals surface area (Å²) < 4.78 is 8.54. The van der Waals surface area contributed by atoms with Crippen LogP contribution in [0.15, 0.2) is 24.3 Å². The van der Waals surface area contributed by atoms with Crippen molar-refractivity contribution in [3.63, 3.8) is 0 Å². The first-order chi connectivity index (χ1) is 16.6. The predicted octanol–water partition coefficient (Wildman–Crippen LogP) is 2.95. The van der Waals surface area contributed by atoms with Gasteiger partial charge < -0.3 is 15.0 Å². The highest BCUT2D eigenvalue weighted by Crippen LogP contribution is 2.34. The van der Waals surface area contributed by atoms with Crippen LogP contribution in [0.1, 0.15) is 44.6 Å². The largest absolute Gasteiger partial charge is 0.378 e. The molecule has 188 valence electrons. The zero-order chi connectivity index (χ0) is 23.8. The molecule has 3 aliphatic rings. The number of carbonyl (C=O) groups excluding carboxylic acids is 2. The first-order valence-corrected chi connectivity index (χ1v) is 14.6. The Morgan fingerprint density at radius 2 is 1.91 bits per heavy atom. The molecule has 1 aliphatic carbocycles. The molecule has 4 rings (SSSR count). The normalized spacial score (nSPS) is 23.3. The lowest BCUT2D eigenvalue weighted by atomic mass is 9.85. The molecular weight excluding hydrogens is 468 g/mol. The monoisotopic (exact) mass is 506 g/mol. The summed E-state index contributed by atoms with van der Waals surface area (Å²) in [7, 11) is 0. The predicted molar refractivity (Wildman–Crippen MR) is 141 cm³/mol. The van der Waals surface area contributed by atoms with E-state index >= 15 is 0 Å². The Morgan fingerprint density at radius 3 is 2.59 bits per heavy atom. The van der Waals surface area contributed by atoms with Crippen LogP contribution in [0.5, 0.6) is 0 Å². The maximum Gasteiger partial charge on any atom is 0.252 e. The highest BCUT2D eigenvalue weighted by molar-refractivity contribution is 7.99. The van der Waals surface area contributed by atoms with Gasteiger partial charge in [0, 0.05) is 35.7 Å². The number of nitrogens with one attached hydrogen (secondary N) is 3. The minimum atomic E-state index is -0.549. The standard InChI is InChI=1S/C25H38N4O3S2/c1-18(27-25(31)22-16-33-17-26-22)24(30)28-34-23(20-5-3-2-4-6-20)15-19-7-9-21(10-8-19)29-11-13-32-14-12-29/h7-10,18,20,22-23,26H,2-6,11-17H2,1H3,(H,27,31)(H,28,30)/t18-,22+,23?/m1/s1. The van der Waals surface area contributed by atoms with E-state index in [0.717, 1.165) is 44.4 Å². The highest BCUT2D eigenvalue weighted by Gasteiger charge is 2.28. The molecule has 34 heavy (non-hydrogen) atoms. The van der Waals surface area contributed by atoms with Crippen LogP contribution in [0.2, 0.25) is 0 Å². The maximum absolute atomic E-state index is 12.8. The van der Waals surface area contributed by atoms with Crippen molar-refractivity contribution in [2.24, 2.45) is 5.92 Å². The van der Waals surface area contributed by atoms with E-state index < -0.39 is 6.04 Å². The van der Waals surface area contributed by atoms with Gasteiger partial charge in [0.1, 0.15) is 6.04 Å². The summed E-state index contributed by atoms with van der Waals surface area (Å²) in [6.07, 6.45) is 7.22. The van der Waals surface area contributed by atoms with E-state index in [-0.39, 0.29) is 17.9 Å². The molecule has 0 radical (unpaired) electrons. The third-order valence-electron chi connectivity index (χ3n) is 7.02. The summed E-state index contributed by atoms with van der Waals surface area (Å²) in [5, 5.41) is 6.34. The molecule has 2 heterocycles. The second-order valence-corrected chi connectivity index (χ2v) is 11.6. The van der Waals surface area contributed by atoms with Crippen molar-refractivity contribution in [3.05, 3.63) is 29.8 Å². The zero-order valence-electron chi connectivity index (χ0n) is 20.1. The summed E-state index contributed by atoms with van der Waals surface area (Å²) in [5.41, 5.74) is 2.56. The average Bonchev–Trinajstić information content (AvgIpc) is 3.43. The van der Waals surface area contributed by atoms with Crippen LogP contribution in [-0.4, -0.2) is 67.1 Å². The Balaban J connectivity index is 1.32. The number of thioether (sulfide) groups is 1. The van der Waals surface area contributed by atoms with Gasteiger partial charge in [0.05, 0.1) is 19.3 Å². The quantitative estimate of drug-likeness (QED) is 0.444. The van der Waals surface area contributed by atoms with E-state index in [4.69, 9.17) is 4.74 Å². The van der Waals surface area contributed by atoms with Gasteiger partial charge in [0.25, 0.3) is 5.91 Å². The fraction of sp³-hybridized carbons (Fsp3) is 0.680. The Labute approximate surface area is 212 Å². The SMILES string of the molecule is C[C@@H](NC(=O)[C@@H]1CSCN1)C(=O)NSC(Cc1ccc(N2CCOCC2)cc1)C1CCCCC1. The van der Waals surface area contributed by atoms with Crippen molar-refractivity contribution in [1.82, 2.24) is 15.4 Å². The molecule has 0 bridgehead atoms. The molecule has 2 saturated heterocycles. The molecule has 1 saturated carbocycles. The summed E-state index contributed by atoms with van der Waals surface area (Å²) in [5.74, 6) is 1.91. The van der Waals surface area contributed by atoms with Crippen molar-refractivity contribution < 1.29 is 14.3 Å². The van der Waals surface area contributed by atoms with E-state index in [0.29, 0.717) is 11.2 Å². The number of morpholine rings is 1. The molecule has 1 aromatic carbocycles. The van der Waals surface area contributed by atoms with E-state index in [1.807, 2.05) is 0 Å². The van der Waals surface area contributed by atoms with Crippen molar-refractivity contribution in [1.29, 1.82) is 0 Å². The smallest absolute Gasteiger partial charge is 0.252 e. The molecule has 1 aromatic rings.